The number of carbonyl (C=O) groups excluding carboxylic acids is 1. The molecular formula is C15H24N2O3. The van der Waals surface area contributed by atoms with Gasteiger partial charge in [-0.15, -0.1) is 0 Å². The number of methoxy groups -OCH3 is 2. The molecule has 0 bridgehead atoms. The van der Waals surface area contributed by atoms with Crippen LogP contribution in [-0.4, -0.2) is 32.5 Å². The van der Waals surface area contributed by atoms with E-state index in [0.29, 0.717) is 0 Å². The third-order valence-corrected chi connectivity index (χ3v) is 2.94. The quantitative estimate of drug-likeness (QED) is 0.754. The summed E-state index contributed by atoms with van der Waals surface area (Å²) in [5, 5.41) is 6.14. The van der Waals surface area contributed by atoms with Crippen molar-refractivity contribution in [3.8, 4) is 0 Å². The maximum absolute atomic E-state index is 11.6. The van der Waals surface area contributed by atoms with Crippen LogP contribution < -0.4 is 10.6 Å². The Morgan fingerprint density at radius 1 is 1.00 bits per heavy atom. The normalized spacial score (nSPS) is 12.6. The summed E-state index contributed by atoms with van der Waals surface area (Å²) in [6.45, 7) is 5.71. The summed E-state index contributed by atoms with van der Waals surface area (Å²) >= 11 is 0. The van der Waals surface area contributed by atoms with E-state index in [-0.39, 0.29) is 24.2 Å². The van der Waals surface area contributed by atoms with Crippen LogP contribution in [0.2, 0.25) is 0 Å². The third-order valence-electron chi connectivity index (χ3n) is 2.94. The Hall–Kier alpha value is -1.59. The smallest absolute Gasteiger partial charge is 0.226 e. The molecule has 20 heavy (non-hydrogen) atoms. The molecule has 1 atom stereocenters. The minimum atomic E-state index is -0.310. The predicted molar refractivity (Wildman–Crippen MR) is 80.8 cm³/mol. The number of rotatable bonds is 7. The van der Waals surface area contributed by atoms with Gasteiger partial charge in [0.25, 0.3) is 0 Å². The second-order valence-electron chi connectivity index (χ2n) is 4.99. The van der Waals surface area contributed by atoms with Gasteiger partial charge in [-0.3, -0.25) is 4.79 Å². The Morgan fingerprint density at radius 3 is 1.95 bits per heavy atom. The molecule has 0 aliphatic heterocycles. The minimum Gasteiger partial charge on any atom is -0.377 e. The van der Waals surface area contributed by atoms with Crippen LogP contribution in [0.25, 0.3) is 0 Å². The SMILES string of the molecule is COC(OC)C(C)Nc1ccc(NC(=O)C(C)C)cc1. The first kappa shape index (κ1) is 16.5. The molecule has 0 aliphatic rings. The van der Waals surface area contributed by atoms with E-state index in [1.807, 2.05) is 45.0 Å². The fourth-order valence-electron chi connectivity index (χ4n) is 1.77. The molecule has 2 N–H and O–H groups in total. The summed E-state index contributed by atoms with van der Waals surface area (Å²) in [7, 11) is 3.22. The summed E-state index contributed by atoms with van der Waals surface area (Å²) in [5.41, 5.74) is 1.73. The number of hydrogen-bond acceptors (Lipinski definition) is 4. The van der Waals surface area contributed by atoms with E-state index in [2.05, 4.69) is 10.6 Å². The highest BCUT2D eigenvalue weighted by molar-refractivity contribution is 5.92. The lowest BCUT2D eigenvalue weighted by Crippen LogP contribution is -2.33. The molecule has 0 saturated heterocycles. The zero-order valence-corrected chi connectivity index (χ0v) is 12.8. The van der Waals surface area contributed by atoms with Crippen LogP contribution in [0.3, 0.4) is 0 Å². The van der Waals surface area contributed by atoms with Crippen molar-refractivity contribution in [1.29, 1.82) is 0 Å². The van der Waals surface area contributed by atoms with Crippen molar-refractivity contribution in [2.45, 2.75) is 33.1 Å². The van der Waals surface area contributed by atoms with Gasteiger partial charge in [0.05, 0.1) is 6.04 Å². The Balaban J connectivity index is 2.60. The number of hydrogen-bond donors (Lipinski definition) is 2. The van der Waals surface area contributed by atoms with E-state index in [9.17, 15) is 4.79 Å². The molecule has 0 radical (unpaired) electrons. The summed E-state index contributed by atoms with van der Waals surface area (Å²) in [4.78, 5) is 11.6. The molecule has 1 aromatic rings. The van der Waals surface area contributed by atoms with Crippen LogP contribution >= 0.6 is 0 Å². The van der Waals surface area contributed by atoms with Gasteiger partial charge in [0.2, 0.25) is 5.91 Å². The lowest BCUT2D eigenvalue weighted by Gasteiger charge is -2.23. The van der Waals surface area contributed by atoms with Gasteiger partial charge >= 0.3 is 0 Å². The molecule has 0 saturated carbocycles. The molecule has 0 aliphatic carbocycles. The summed E-state index contributed by atoms with van der Waals surface area (Å²) in [6.07, 6.45) is -0.310. The lowest BCUT2D eigenvalue weighted by atomic mass is 10.2. The van der Waals surface area contributed by atoms with Crippen molar-refractivity contribution in [2.75, 3.05) is 24.9 Å². The molecule has 5 nitrogen and oxygen atoms in total. The average molecular weight is 280 g/mol. The van der Waals surface area contributed by atoms with Crippen molar-refractivity contribution in [1.82, 2.24) is 0 Å². The fourth-order valence-corrected chi connectivity index (χ4v) is 1.77. The fraction of sp³-hybridized carbons (Fsp3) is 0.533. The van der Waals surface area contributed by atoms with Crippen LogP contribution in [0.4, 0.5) is 11.4 Å². The van der Waals surface area contributed by atoms with Crippen LogP contribution in [-0.2, 0) is 14.3 Å². The van der Waals surface area contributed by atoms with E-state index in [0.717, 1.165) is 11.4 Å². The van der Waals surface area contributed by atoms with Crippen molar-refractivity contribution in [3.63, 3.8) is 0 Å². The molecule has 1 amide bonds. The molecule has 1 aromatic carbocycles. The number of anilines is 2. The van der Waals surface area contributed by atoms with Crippen LogP contribution in [0, 0.1) is 5.92 Å². The molecule has 0 heterocycles. The second kappa shape index (κ2) is 7.87. The summed E-state index contributed by atoms with van der Waals surface area (Å²) in [6, 6.07) is 7.57. The van der Waals surface area contributed by atoms with Gasteiger partial charge in [-0.2, -0.15) is 0 Å². The van der Waals surface area contributed by atoms with E-state index in [4.69, 9.17) is 9.47 Å². The van der Waals surface area contributed by atoms with Gasteiger partial charge in [0, 0.05) is 31.5 Å². The van der Waals surface area contributed by atoms with Gasteiger partial charge in [-0.1, -0.05) is 13.8 Å². The standard InChI is InChI=1S/C15H24N2O3/c1-10(2)14(18)17-13-8-6-12(7-9-13)16-11(3)15(19-4)20-5/h6-11,15-16H,1-5H3,(H,17,18). The number of ether oxygens (including phenoxy) is 2. The molecule has 0 fully saturated rings. The predicted octanol–water partition coefficient (Wildman–Crippen LogP) is 2.70. The van der Waals surface area contributed by atoms with Gasteiger partial charge in [-0.25, -0.2) is 0 Å². The Bertz CT molecular complexity index is 414. The molecule has 1 rings (SSSR count). The van der Waals surface area contributed by atoms with E-state index in [1.165, 1.54) is 0 Å². The largest absolute Gasteiger partial charge is 0.377 e. The average Bonchev–Trinajstić information content (AvgIpc) is 2.42. The zero-order chi connectivity index (χ0) is 15.1. The van der Waals surface area contributed by atoms with Crippen molar-refractivity contribution < 1.29 is 14.3 Å². The van der Waals surface area contributed by atoms with Gasteiger partial charge < -0.3 is 20.1 Å². The highest BCUT2D eigenvalue weighted by Gasteiger charge is 2.15. The van der Waals surface area contributed by atoms with E-state index >= 15 is 0 Å². The Morgan fingerprint density at radius 2 is 1.50 bits per heavy atom. The third kappa shape index (κ3) is 4.83. The number of benzene rings is 1. The summed E-state index contributed by atoms with van der Waals surface area (Å²) < 4.78 is 10.4. The monoisotopic (exact) mass is 280 g/mol. The first-order valence-electron chi connectivity index (χ1n) is 6.71. The second-order valence-corrected chi connectivity index (χ2v) is 4.99. The van der Waals surface area contributed by atoms with Gasteiger partial charge in [0.15, 0.2) is 6.29 Å². The van der Waals surface area contributed by atoms with Crippen molar-refractivity contribution >= 4 is 17.3 Å². The van der Waals surface area contributed by atoms with Crippen molar-refractivity contribution in [3.05, 3.63) is 24.3 Å². The Kier molecular flexibility index (Phi) is 6.48. The van der Waals surface area contributed by atoms with Gasteiger partial charge in [-0.05, 0) is 31.2 Å². The van der Waals surface area contributed by atoms with Gasteiger partial charge in [0.1, 0.15) is 0 Å². The molecule has 0 aromatic heterocycles. The maximum atomic E-state index is 11.6. The van der Waals surface area contributed by atoms with Crippen LogP contribution in [0.5, 0.6) is 0 Å². The minimum absolute atomic E-state index is 0.0120. The topological polar surface area (TPSA) is 59.6 Å². The number of nitrogens with one attached hydrogen (secondary N) is 2. The zero-order valence-electron chi connectivity index (χ0n) is 12.8. The highest BCUT2D eigenvalue weighted by atomic mass is 16.7. The number of amides is 1. The van der Waals surface area contributed by atoms with E-state index < -0.39 is 0 Å². The van der Waals surface area contributed by atoms with E-state index in [1.54, 1.807) is 14.2 Å². The maximum Gasteiger partial charge on any atom is 0.226 e. The molecule has 112 valence electrons. The Labute approximate surface area is 120 Å². The molecule has 0 spiro atoms. The van der Waals surface area contributed by atoms with Crippen LogP contribution in [0.15, 0.2) is 24.3 Å². The highest BCUT2D eigenvalue weighted by Crippen LogP contribution is 2.16. The first-order chi connectivity index (χ1) is 9.47. The molecule has 1 unspecified atom stereocenters. The van der Waals surface area contributed by atoms with Crippen molar-refractivity contribution in [2.24, 2.45) is 5.92 Å². The summed E-state index contributed by atoms with van der Waals surface area (Å²) in [5.74, 6) is -0.0186. The number of carbonyl (C=O) groups is 1. The van der Waals surface area contributed by atoms with Crippen LogP contribution in [0.1, 0.15) is 20.8 Å². The molecular weight excluding hydrogens is 256 g/mol. The first-order valence-corrected chi connectivity index (χ1v) is 6.71. The molecule has 5 heteroatoms. The lowest BCUT2D eigenvalue weighted by molar-refractivity contribution is -0.118.